The molecule has 1 aromatic rings. The van der Waals surface area contributed by atoms with Crippen LogP contribution in [0.4, 0.5) is 0 Å². The lowest BCUT2D eigenvalue weighted by atomic mass is 10.1. The topological polar surface area (TPSA) is 44.5 Å². The molecule has 3 heteroatoms. The van der Waals surface area contributed by atoms with Crippen LogP contribution < -0.4 is 15.2 Å². The zero-order valence-corrected chi connectivity index (χ0v) is 9.41. The first-order valence-corrected chi connectivity index (χ1v) is 4.82. The van der Waals surface area contributed by atoms with Crippen LogP contribution in [0.15, 0.2) is 18.2 Å². The molecule has 2 N–H and O–H groups in total. The molecular weight excluding hydrogens is 190 g/mol. The van der Waals surface area contributed by atoms with Crippen LogP contribution in [0.3, 0.4) is 0 Å². The third-order valence-corrected chi connectivity index (χ3v) is 2.18. The molecule has 3 nitrogen and oxygen atoms in total. The Morgan fingerprint density at radius 1 is 1.20 bits per heavy atom. The second kappa shape index (κ2) is 5.41. The largest absolute Gasteiger partial charge is 0.493 e. The Morgan fingerprint density at radius 2 is 1.87 bits per heavy atom. The molecule has 0 heterocycles. The number of ether oxygens (including phenoxy) is 2. The van der Waals surface area contributed by atoms with Crippen LogP contribution in [0.2, 0.25) is 0 Å². The molecule has 82 valence electrons. The van der Waals surface area contributed by atoms with Crippen LogP contribution >= 0.6 is 0 Å². The van der Waals surface area contributed by atoms with Gasteiger partial charge in [0.15, 0.2) is 11.5 Å². The number of benzene rings is 1. The molecule has 1 rings (SSSR count). The summed E-state index contributed by atoms with van der Waals surface area (Å²) >= 11 is 0. The van der Waals surface area contributed by atoms with Crippen LogP contribution in [0, 0.1) is 6.92 Å². The zero-order valence-electron chi connectivity index (χ0n) is 9.41. The normalized spacial score (nSPS) is 10.7. The first kappa shape index (κ1) is 11.6. The summed E-state index contributed by atoms with van der Waals surface area (Å²) in [5.41, 5.74) is 7.44. The van der Waals surface area contributed by atoms with Crippen molar-refractivity contribution in [3.63, 3.8) is 0 Å². The highest BCUT2D eigenvalue weighted by atomic mass is 16.5. The Balaban J connectivity index is 3.22. The Morgan fingerprint density at radius 3 is 2.40 bits per heavy atom. The standard InChI is InChI=1S/C12H17NO2/c1-9-6-7-10(5-4-8-13)12(15-3)11(9)14-2/h4-7H,8,13H2,1-3H3/b5-4+. The van der Waals surface area contributed by atoms with E-state index in [1.807, 2.05) is 31.2 Å². The van der Waals surface area contributed by atoms with E-state index in [4.69, 9.17) is 15.2 Å². The maximum Gasteiger partial charge on any atom is 0.168 e. The third-order valence-electron chi connectivity index (χ3n) is 2.18. The molecule has 0 aliphatic heterocycles. The lowest BCUT2D eigenvalue weighted by molar-refractivity contribution is 0.352. The number of hydrogen-bond donors (Lipinski definition) is 1. The molecule has 0 saturated heterocycles. The molecule has 0 bridgehead atoms. The molecular formula is C12H17NO2. The average Bonchev–Trinajstić information content (AvgIpc) is 2.26. The Hall–Kier alpha value is -1.48. The molecule has 0 atom stereocenters. The van der Waals surface area contributed by atoms with Gasteiger partial charge in [0.05, 0.1) is 14.2 Å². The van der Waals surface area contributed by atoms with Gasteiger partial charge >= 0.3 is 0 Å². The van der Waals surface area contributed by atoms with E-state index < -0.39 is 0 Å². The minimum absolute atomic E-state index is 0.513. The van der Waals surface area contributed by atoms with Crippen LogP contribution in [0.1, 0.15) is 11.1 Å². The first-order valence-electron chi connectivity index (χ1n) is 4.82. The average molecular weight is 207 g/mol. The Kier molecular flexibility index (Phi) is 4.18. The maximum absolute atomic E-state index is 5.41. The summed E-state index contributed by atoms with van der Waals surface area (Å²) in [6, 6.07) is 3.99. The van der Waals surface area contributed by atoms with Crippen molar-refractivity contribution in [3.05, 3.63) is 29.3 Å². The Bertz CT molecular complexity index is 359. The van der Waals surface area contributed by atoms with Crippen molar-refractivity contribution in [2.75, 3.05) is 20.8 Å². The van der Waals surface area contributed by atoms with Crippen molar-refractivity contribution in [1.82, 2.24) is 0 Å². The van der Waals surface area contributed by atoms with Crippen molar-refractivity contribution in [2.24, 2.45) is 5.73 Å². The Labute approximate surface area is 90.5 Å². The first-order chi connectivity index (χ1) is 7.24. The highest BCUT2D eigenvalue weighted by molar-refractivity contribution is 5.64. The summed E-state index contributed by atoms with van der Waals surface area (Å²) in [5, 5.41) is 0. The summed E-state index contributed by atoms with van der Waals surface area (Å²) in [6.45, 7) is 2.50. The predicted molar refractivity (Wildman–Crippen MR) is 62.4 cm³/mol. The lowest BCUT2D eigenvalue weighted by Crippen LogP contribution is -1.96. The van der Waals surface area contributed by atoms with Gasteiger partial charge in [-0.25, -0.2) is 0 Å². The monoisotopic (exact) mass is 207 g/mol. The molecule has 0 fully saturated rings. The van der Waals surface area contributed by atoms with Crippen molar-refractivity contribution in [1.29, 1.82) is 0 Å². The summed E-state index contributed by atoms with van der Waals surface area (Å²) in [6.07, 6.45) is 3.81. The van der Waals surface area contributed by atoms with Crippen molar-refractivity contribution in [3.8, 4) is 11.5 Å². The van der Waals surface area contributed by atoms with Crippen LogP contribution in [-0.2, 0) is 0 Å². The third kappa shape index (κ3) is 2.50. The van der Waals surface area contributed by atoms with Crippen molar-refractivity contribution < 1.29 is 9.47 Å². The van der Waals surface area contributed by atoms with Gasteiger partial charge < -0.3 is 15.2 Å². The predicted octanol–water partition coefficient (Wildman–Crippen LogP) is 1.98. The van der Waals surface area contributed by atoms with E-state index in [0.717, 1.165) is 22.6 Å². The van der Waals surface area contributed by atoms with Crippen LogP contribution in [0.5, 0.6) is 11.5 Å². The quantitative estimate of drug-likeness (QED) is 0.821. The number of hydrogen-bond acceptors (Lipinski definition) is 3. The smallest absolute Gasteiger partial charge is 0.168 e. The number of aryl methyl sites for hydroxylation is 1. The lowest BCUT2D eigenvalue weighted by Gasteiger charge is -2.12. The molecule has 15 heavy (non-hydrogen) atoms. The van der Waals surface area contributed by atoms with Crippen molar-refractivity contribution in [2.45, 2.75) is 6.92 Å². The van der Waals surface area contributed by atoms with E-state index in [2.05, 4.69) is 0 Å². The van der Waals surface area contributed by atoms with Crippen molar-refractivity contribution >= 4 is 6.08 Å². The van der Waals surface area contributed by atoms with Gasteiger partial charge in [-0.2, -0.15) is 0 Å². The molecule has 0 radical (unpaired) electrons. The number of rotatable bonds is 4. The van der Waals surface area contributed by atoms with Gasteiger partial charge in [0.2, 0.25) is 0 Å². The highest BCUT2D eigenvalue weighted by Crippen LogP contribution is 2.34. The van der Waals surface area contributed by atoms with E-state index in [9.17, 15) is 0 Å². The number of methoxy groups -OCH3 is 2. The molecule has 0 amide bonds. The van der Waals surface area contributed by atoms with E-state index in [1.54, 1.807) is 14.2 Å². The minimum Gasteiger partial charge on any atom is -0.493 e. The van der Waals surface area contributed by atoms with Gasteiger partial charge in [-0.05, 0) is 12.5 Å². The molecule has 0 aromatic heterocycles. The molecule has 1 aromatic carbocycles. The molecule has 0 unspecified atom stereocenters. The van der Waals surface area contributed by atoms with Crippen LogP contribution in [0.25, 0.3) is 6.08 Å². The number of nitrogens with two attached hydrogens (primary N) is 1. The second-order valence-electron chi connectivity index (χ2n) is 3.18. The van der Waals surface area contributed by atoms with E-state index in [0.29, 0.717) is 6.54 Å². The van der Waals surface area contributed by atoms with Gasteiger partial charge in [-0.3, -0.25) is 0 Å². The van der Waals surface area contributed by atoms with Crippen LogP contribution in [-0.4, -0.2) is 20.8 Å². The van der Waals surface area contributed by atoms with E-state index in [-0.39, 0.29) is 0 Å². The maximum atomic E-state index is 5.41. The fraction of sp³-hybridized carbons (Fsp3) is 0.333. The molecule has 0 aliphatic rings. The zero-order chi connectivity index (χ0) is 11.3. The van der Waals surface area contributed by atoms with Gasteiger partial charge in [-0.1, -0.05) is 24.3 Å². The summed E-state index contributed by atoms with van der Waals surface area (Å²) in [4.78, 5) is 0. The molecule has 0 saturated carbocycles. The SMILES string of the molecule is COc1c(C)ccc(/C=C/CN)c1OC. The fourth-order valence-corrected chi connectivity index (χ4v) is 1.47. The summed E-state index contributed by atoms with van der Waals surface area (Å²) < 4.78 is 10.6. The van der Waals surface area contributed by atoms with Gasteiger partial charge in [-0.15, -0.1) is 0 Å². The second-order valence-corrected chi connectivity index (χ2v) is 3.18. The van der Waals surface area contributed by atoms with Gasteiger partial charge in [0.25, 0.3) is 0 Å². The fourth-order valence-electron chi connectivity index (χ4n) is 1.47. The van der Waals surface area contributed by atoms with Gasteiger partial charge in [0, 0.05) is 12.1 Å². The summed E-state index contributed by atoms with van der Waals surface area (Å²) in [5.74, 6) is 1.53. The molecule has 0 spiro atoms. The molecule has 0 aliphatic carbocycles. The van der Waals surface area contributed by atoms with E-state index in [1.165, 1.54) is 0 Å². The van der Waals surface area contributed by atoms with E-state index >= 15 is 0 Å². The highest BCUT2D eigenvalue weighted by Gasteiger charge is 2.10. The summed E-state index contributed by atoms with van der Waals surface area (Å²) in [7, 11) is 3.28. The van der Waals surface area contributed by atoms with Gasteiger partial charge in [0.1, 0.15) is 0 Å². The minimum atomic E-state index is 0.513.